The third-order valence-corrected chi connectivity index (χ3v) is 5.40. The van der Waals surface area contributed by atoms with E-state index in [0.29, 0.717) is 12.1 Å². The fraction of sp³-hybridized carbons (Fsp3) is 0.318. The first-order valence-corrected chi connectivity index (χ1v) is 9.44. The smallest absolute Gasteiger partial charge is 0.252 e. The molecule has 1 saturated heterocycles. The van der Waals surface area contributed by atoms with Gasteiger partial charge in [-0.2, -0.15) is 0 Å². The normalized spacial score (nSPS) is 15.1. The van der Waals surface area contributed by atoms with Crippen molar-refractivity contribution in [3.63, 3.8) is 0 Å². The van der Waals surface area contributed by atoms with E-state index in [-0.39, 0.29) is 36.1 Å². The molecule has 0 radical (unpaired) electrons. The van der Waals surface area contributed by atoms with Crippen LogP contribution in [0, 0.1) is 5.41 Å². The number of carbonyl (C=O) groups excluding carboxylic acids is 1. The molecule has 0 spiro atoms. The summed E-state index contributed by atoms with van der Waals surface area (Å²) in [6.07, 6.45) is 5.66. The van der Waals surface area contributed by atoms with Crippen LogP contribution in [0.15, 0.2) is 54.9 Å². The molecule has 0 saturated carbocycles. The minimum atomic E-state index is -0.0431. The first kappa shape index (κ1) is 23.1. The zero-order valence-corrected chi connectivity index (χ0v) is 18.0. The Kier molecular flexibility index (Phi) is 7.96. The van der Waals surface area contributed by atoms with Crippen molar-refractivity contribution in [3.05, 3.63) is 60.4 Å². The summed E-state index contributed by atoms with van der Waals surface area (Å²) in [5.41, 5.74) is 3.30. The summed E-state index contributed by atoms with van der Waals surface area (Å²) < 4.78 is 0. The van der Waals surface area contributed by atoms with Crippen LogP contribution in [-0.4, -0.2) is 35.5 Å². The van der Waals surface area contributed by atoms with E-state index >= 15 is 0 Å². The zero-order chi connectivity index (χ0) is 18.7. The molecule has 1 aliphatic rings. The lowest BCUT2D eigenvalue weighted by Gasteiger charge is -2.34. The molecular weight excluding hydrogens is 407 g/mol. The van der Waals surface area contributed by atoms with Gasteiger partial charge in [0.25, 0.3) is 5.91 Å². The van der Waals surface area contributed by atoms with E-state index in [0.717, 1.165) is 48.1 Å². The Bertz CT molecular complexity index is 959. The molecule has 1 amide bonds. The van der Waals surface area contributed by atoms with Crippen LogP contribution < -0.4 is 10.6 Å². The van der Waals surface area contributed by atoms with Gasteiger partial charge in [0.15, 0.2) is 0 Å². The molecule has 0 bridgehead atoms. The summed E-state index contributed by atoms with van der Waals surface area (Å²) in [6, 6.07) is 13.5. The van der Waals surface area contributed by atoms with Gasteiger partial charge in [-0.05, 0) is 55.6 Å². The largest absolute Gasteiger partial charge is 0.351 e. The highest BCUT2D eigenvalue weighted by atomic mass is 35.5. The van der Waals surface area contributed by atoms with Gasteiger partial charge in [0, 0.05) is 29.9 Å². The molecule has 3 aromatic rings. The summed E-state index contributed by atoms with van der Waals surface area (Å²) in [4.78, 5) is 22.0. The van der Waals surface area contributed by atoms with Gasteiger partial charge in [-0.3, -0.25) is 9.78 Å². The number of rotatable bonds is 4. The maximum absolute atomic E-state index is 13.1. The number of hydrogen-bond acceptors (Lipinski definition) is 4. The number of para-hydroxylation sites is 1. The van der Waals surface area contributed by atoms with Crippen LogP contribution in [0.1, 0.15) is 30.1 Å². The van der Waals surface area contributed by atoms with Crippen molar-refractivity contribution in [2.75, 3.05) is 19.6 Å². The monoisotopic (exact) mass is 432 g/mol. The van der Waals surface area contributed by atoms with Gasteiger partial charge in [-0.25, -0.2) is 4.98 Å². The van der Waals surface area contributed by atoms with Crippen molar-refractivity contribution >= 4 is 41.6 Å². The zero-order valence-electron chi connectivity index (χ0n) is 16.4. The highest BCUT2D eigenvalue weighted by molar-refractivity contribution is 6.07. The standard InChI is InChI=1S/C22H24N4O.2ClH/c1-22(8-11-23-12-9-22)15-25-21(27)18-13-20(16-5-4-10-24-14-16)26-19-7-3-2-6-17(18)19;;/h2-7,10,13-14,23H,8-9,11-12,15H2,1H3,(H,25,27);2*1H. The van der Waals surface area contributed by atoms with Gasteiger partial charge in [-0.15, -0.1) is 24.8 Å². The second-order valence-corrected chi connectivity index (χ2v) is 7.56. The maximum Gasteiger partial charge on any atom is 0.252 e. The summed E-state index contributed by atoms with van der Waals surface area (Å²) in [6.45, 7) is 4.96. The minimum absolute atomic E-state index is 0. The molecule has 29 heavy (non-hydrogen) atoms. The lowest BCUT2D eigenvalue weighted by molar-refractivity contribution is 0.0924. The van der Waals surface area contributed by atoms with Gasteiger partial charge in [0.1, 0.15) is 0 Å². The van der Waals surface area contributed by atoms with Crippen LogP contribution in [0.3, 0.4) is 0 Å². The van der Waals surface area contributed by atoms with E-state index in [1.165, 1.54) is 0 Å². The number of aromatic nitrogens is 2. The van der Waals surface area contributed by atoms with E-state index in [2.05, 4.69) is 22.5 Å². The van der Waals surface area contributed by atoms with E-state index < -0.39 is 0 Å². The van der Waals surface area contributed by atoms with Crippen molar-refractivity contribution in [1.29, 1.82) is 0 Å². The van der Waals surface area contributed by atoms with Gasteiger partial charge < -0.3 is 10.6 Å². The summed E-state index contributed by atoms with van der Waals surface area (Å²) in [7, 11) is 0. The second kappa shape index (κ2) is 10.0. The molecule has 4 rings (SSSR count). The average Bonchev–Trinajstić information content (AvgIpc) is 2.72. The number of fused-ring (bicyclic) bond motifs is 1. The number of amides is 1. The molecule has 0 unspecified atom stereocenters. The topological polar surface area (TPSA) is 66.9 Å². The van der Waals surface area contributed by atoms with Crippen LogP contribution in [0.5, 0.6) is 0 Å². The number of piperidine rings is 1. The maximum atomic E-state index is 13.1. The predicted molar refractivity (Wildman–Crippen MR) is 122 cm³/mol. The molecule has 154 valence electrons. The van der Waals surface area contributed by atoms with Crippen LogP contribution in [0.2, 0.25) is 0 Å². The molecule has 1 fully saturated rings. The summed E-state index contributed by atoms with van der Waals surface area (Å²) in [5, 5.41) is 7.43. The van der Waals surface area contributed by atoms with Crippen LogP contribution in [-0.2, 0) is 0 Å². The van der Waals surface area contributed by atoms with E-state index in [9.17, 15) is 4.79 Å². The number of benzene rings is 1. The second-order valence-electron chi connectivity index (χ2n) is 7.56. The molecular formula is C22H26Cl2N4O. The predicted octanol–water partition coefficient (Wildman–Crippen LogP) is 4.26. The van der Waals surface area contributed by atoms with Gasteiger partial charge in [0.05, 0.1) is 16.8 Å². The van der Waals surface area contributed by atoms with Gasteiger partial charge >= 0.3 is 0 Å². The minimum Gasteiger partial charge on any atom is -0.351 e. The number of halogens is 2. The van der Waals surface area contributed by atoms with Crippen molar-refractivity contribution in [1.82, 2.24) is 20.6 Å². The molecule has 7 heteroatoms. The first-order valence-electron chi connectivity index (χ1n) is 9.44. The molecule has 1 aromatic carbocycles. The molecule has 1 aliphatic heterocycles. The fourth-order valence-electron chi connectivity index (χ4n) is 3.62. The van der Waals surface area contributed by atoms with Crippen molar-refractivity contribution in [2.24, 2.45) is 5.41 Å². The van der Waals surface area contributed by atoms with Gasteiger partial charge in [-0.1, -0.05) is 25.1 Å². The molecule has 0 atom stereocenters. The number of nitrogens with one attached hydrogen (secondary N) is 2. The number of nitrogens with zero attached hydrogens (tertiary/aromatic N) is 2. The lowest BCUT2D eigenvalue weighted by Crippen LogP contribution is -2.42. The molecule has 3 heterocycles. The summed E-state index contributed by atoms with van der Waals surface area (Å²) >= 11 is 0. The van der Waals surface area contributed by atoms with E-state index in [1.54, 1.807) is 12.4 Å². The first-order chi connectivity index (χ1) is 13.1. The average molecular weight is 433 g/mol. The van der Waals surface area contributed by atoms with E-state index in [4.69, 9.17) is 4.98 Å². The quantitative estimate of drug-likeness (QED) is 0.645. The SMILES string of the molecule is CC1(CNC(=O)c2cc(-c3cccnc3)nc3ccccc23)CCNCC1.Cl.Cl. The lowest BCUT2D eigenvalue weighted by atomic mass is 9.81. The van der Waals surface area contributed by atoms with Crippen LogP contribution in [0.4, 0.5) is 0 Å². The Morgan fingerprint density at radius 1 is 1.14 bits per heavy atom. The van der Waals surface area contributed by atoms with Crippen molar-refractivity contribution in [3.8, 4) is 11.3 Å². The molecule has 0 aliphatic carbocycles. The fourth-order valence-corrected chi connectivity index (χ4v) is 3.62. The van der Waals surface area contributed by atoms with Crippen LogP contribution in [0.25, 0.3) is 22.2 Å². The Morgan fingerprint density at radius 3 is 2.62 bits per heavy atom. The Balaban J connectivity index is 0.00000150. The summed E-state index contributed by atoms with van der Waals surface area (Å²) in [5.74, 6) is -0.0431. The highest BCUT2D eigenvalue weighted by Crippen LogP contribution is 2.28. The van der Waals surface area contributed by atoms with Crippen molar-refractivity contribution < 1.29 is 4.79 Å². The number of hydrogen-bond donors (Lipinski definition) is 2. The molecule has 5 nitrogen and oxygen atoms in total. The van der Waals surface area contributed by atoms with Crippen LogP contribution >= 0.6 is 24.8 Å². The third-order valence-electron chi connectivity index (χ3n) is 5.40. The van der Waals surface area contributed by atoms with Crippen molar-refractivity contribution in [2.45, 2.75) is 19.8 Å². The number of pyridine rings is 2. The highest BCUT2D eigenvalue weighted by Gasteiger charge is 2.27. The van der Waals surface area contributed by atoms with Gasteiger partial charge in [0.2, 0.25) is 0 Å². The Morgan fingerprint density at radius 2 is 1.90 bits per heavy atom. The van der Waals surface area contributed by atoms with E-state index in [1.807, 2.05) is 42.5 Å². The number of carbonyl (C=O) groups is 1. The Labute approximate surface area is 183 Å². The molecule has 2 aromatic heterocycles. The Hall–Kier alpha value is -2.21. The third kappa shape index (κ3) is 5.24. The molecule has 2 N–H and O–H groups in total.